The van der Waals surface area contributed by atoms with Crippen molar-refractivity contribution in [1.29, 1.82) is 0 Å². The third-order valence-corrected chi connectivity index (χ3v) is 0. The molecule has 0 aliphatic carbocycles. The van der Waals surface area contributed by atoms with Crippen molar-refractivity contribution in [1.82, 2.24) is 0 Å². The van der Waals surface area contributed by atoms with E-state index >= 15 is 0 Å². The van der Waals surface area contributed by atoms with Crippen molar-refractivity contribution in [3.63, 3.8) is 0 Å². The Bertz CT molecular complexity index is 23.0. The van der Waals surface area contributed by atoms with Crippen molar-refractivity contribution in [2.24, 2.45) is 0 Å². The third-order valence-electron chi connectivity index (χ3n) is 0. The van der Waals surface area contributed by atoms with Gasteiger partial charge in [0.05, 0.1) is 0 Å². The molecule has 0 amide bonds. The summed E-state index contributed by atoms with van der Waals surface area (Å²) in [6.45, 7) is 0. The minimum atomic E-state index is -3.45. The summed E-state index contributed by atoms with van der Waals surface area (Å²) >= 11 is -3.45. The van der Waals surface area contributed by atoms with Crippen LogP contribution in [0, 0.1) is 0 Å². The van der Waals surface area contributed by atoms with Crippen LogP contribution in [0.4, 0.5) is 0 Å². The predicted molar refractivity (Wildman–Crippen MR) is 29.2 cm³/mol. The molecule has 0 saturated heterocycles. The Morgan fingerprint density at radius 2 is 0.833 bits per heavy atom. The van der Waals surface area contributed by atoms with Crippen molar-refractivity contribution >= 4 is 82.1 Å². The fraction of sp³-hybridized carbons (Fsp3) is 0. The van der Waals surface area contributed by atoms with E-state index in [-0.39, 0.29) is 48.9 Å². The van der Waals surface area contributed by atoms with E-state index in [1.54, 1.807) is 0 Å². The van der Waals surface area contributed by atoms with Gasteiger partial charge in [0.1, 0.15) is 0 Å². The molecule has 0 fully saturated rings. The summed E-state index contributed by atoms with van der Waals surface area (Å²) < 4.78 is 0. The van der Waals surface area contributed by atoms with E-state index in [0.717, 1.165) is 0 Å². The first-order valence-electron chi connectivity index (χ1n) is 1.07. The second-order valence-electron chi connectivity index (χ2n) is 0.606. The molecule has 0 unspecified atom stereocenters. The topological polar surface area (TPSA) is 0 Å². The molecule has 6 heteroatoms. The summed E-state index contributed by atoms with van der Waals surface area (Å²) in [6.07, 6.45) is 0. The van der Waals surface area contributed by atoms with Gasteiger partial charge in [0.15, 0.2) is 0 Å². The van der Waals surface area contributed by atoms with Gasteiger partial charge in [-0.05, 0) is 0 Å². The number of rotatable bonds is 0. The van der Waals surface area contributed by atoms with Gasteiger partial charge in [-0.1, -0.05) is 0 Å². The summed E-state index contributed by atoms with van der Waals surface area (Å²) in [7, 11) is 20.2. The molecule has 32 valence electrons. The number of hydrogen-bond acceptors (Lipinski definition) is 0. The summed E-state index contributed by atoms with van der Waals surface area (Å²) in [5.41, 5.74) is 0. The average molecular weight is 392 g/mol. The fourth-order valence-electron chi connectivity index (χ4n) is 0. The van der Waals surface area contributed by atoms with Gasteiger partial charge in [0, 0.05) is 0 Å². The second-order valence-corrected chi connectivity index (χ2v) is 36.6. The van der Waals surface area contributed by atoms with Crippen LogP contribution >= 0.6 is 33.3 Å². The molecule has 0 N–H and O–H groups in total. The Hall–Kier alpha value is 3.65. The minimum absolute atomic E-state index is 0. The van der Waals surface area contributed by atoms with Gasteiger partial charge in [-0.15, -0.1) is 0 Å². The molecule has 0 bridgehead atoms. The van der Waals surface area contributed by atoms with Gasteiger partial charge >= 0.3 is 98.4 Å². The molecule has 0 saturated carbocycles. The predicted octanol–water partition coefficient (Wildman–Crippen LogP) is 2.37. The zero-order chi connectivity index (χ0) is 4.50. The van der Waals surface area contributed by atoms with Crippen LogP contribution in [0.5, 0.6) is 0 Å². The van der Waals surface area contributed by atoms with Crippen LogP contribution in [-0.2, 0) is 16.3 Å². The molecule has 0 radical (unpaired) electrons. The van der Waals surface area contributed by atoms with Crippen LogP contribution in [-0.4, -0.2) is 48.9 Å². The quantitative estimate of drug-likeness (QED) is 0.556. The van der Waals surface area contributed by atoms with Gasteiger partial charge in [-0.2, -0.15) is 0 Å². The standard InChI is InChI=1S/Ba.Cd.4ClH/h;;4*1H/q2*+2;;;;/p-4. The van der Waals surface area contributed by atoms with Gasteiger partial charge in [0.2, 0.25) is 0 Å². The molecule has 0 aromatic rings. The van der Waals surface area contributed by atoms with Crippen LogP contribution in [0.15, 0.2) is 0 Å². The Morgan fingerprint density at radius 1 is 0.833 bits per heavy atom. The first-order valence-corrected chi connectivity index (χ1v) is 21.5. The van der Waals surface area contributed by atoms with Crippen LogP contribution in [0.25, 0.3) is 0 Å². The maximum atomic E-state index is 5.06. The summed E-state index contributed by atoms with van der Waals surface area (Å²) in [5.74, 6) is 0. The second kappa shape index (κ2) is 5.44. The molecule has 0 atom stereocenters. The van der Waals surface area contributed by atoms with Crippen molar-refractivity contribution < 1.29 is 16.3 Å². The van der Waals surface area contributed by atoms with E-state index < -0.39 is 16.3 Å². The summed E-state index contributed by atoms with van der Waals surface area (Å²) in [5, 5.41) is 0. The van der Waals surface area contributed by atoms with E-state index in [1.807, 2.05) is 0 Å². The molecule has 6 heavy (non-hydrogen) atoms. The molecule has 0 rings (SSSR count). The first kappa shape index (κ1) is 12.3. The summed E-state index contributed by atoms with van der Waals surface area (Å²) in [4.78, 5) is 0. The van der Waals surface area contributed by atoms with E-state index in [4.69, 9.17) is 33.3 Å². The van der Waals surface area contributed by atoms with E-state index in [0.29, 0.717) is 0 Å². The van der Waals surface area contributed by atoms with Crippen LogP contribution in [0.1, 0.15) is 0 Å². The van der Waals surface area contributed by atoms with E-state index in [1.165, 1.54) is 0 Å². The van der Waals surface area contributed by atoms with Crippen LogP contribution < -0.4 is 0 Å². The molecule has 0 aliphatic rings. The normalized spacial score (nSPS) is 10.0. The summed E-state index contributed by atoms with van der Waals surface area (Å²) in [6, 6.07) is 0. The van der Waals surface area contributed by atoms with Gasteiger partial charge in [-0.25, -0.2) is 0 Å². The van der Waals surface area contributed by atoms with Crippen LogP contribution in [0.2, 0.25) is 0 Å². The monoisotopic (exact) mass is 392 g/mol. The Balaban J connectivity index is 0. The van der Waals surface area contributed by atoms with Crippen molar-refractivity contribution in [2.75, 3.05) is 0 Å². The van der Waals surface area contributed by atoms with Gasteiger partial charge in [-0.3, -0.25) is 0 Å². The molecule has 0 heterocycles. The number of hydrogen-bond donors (Lipinski definition) is 0. The Labute approximate surface area is 95.5 Å². The van der Waals surface area contributed by atoms with Gasteiger partial charge in [0.25, 0.3) is 0 Å². The molecular formula is BaCdCl4. The Kier molecular flexibility index (Phi) is 11.2. The molecular weight excluding hydrogens is 392 g/mol. The van der Waals surface area contributed by atoms with Gasteiger partial charge < -0.3 is 0 Å². The molecule has 0 aromatic heterocycles. The zero-order valence-corrected chi connectivity index (χ0v) is 14.4. The van der Waals surface area contributed by atoms with Crippen molar-refractivity contribution in [3.05, 3.63) is 0 Å². The maximum absolute atomic E-state index is 5.06. The molecule has 0 nitrogen and oxygen atoms in total. The van der Waals surface area contributed by atoms with E-state index in [2.05, 4.69) is 0 Å². The zero-order valence-electron chi connectivity index (χ0n) is 2.93. The molecule has 0 spiro atoms. The molecule has 0 aromatic carbocycles. The molecule has 0 aliphatic heterocycles. The SMILES string of the molecule is [Ba+2].[Cl][Cd-2]([Cl])([Cl])[Cl]. The fourth-order valence-corrected chi connectivity index (χ4v) is 0. The number of halogens is 4. The average Bonchev–Trinajstić information content (AvgIpc) is 0.722. The Morgan fingerprint density at radius 3 is 0.833 bits per heavy atom. The van der Waals surface area contributed by atoms with E-state index in [9.17, 15) is 0 Å². The first-order chi connectivity index (χ1) is 2.00. The third kappa shape index (κ3) is 25.4. The van der Waals surface area contributed by atoms with Crippen molar-refractivity contribution in [2.45, 2.75) is 0 Å². The van der Waals surface area contributed by atoms with Crippen molar-refractivity contribution in [3.8, 4) is 0 Å². The van der Waals surface area contributed by atoms with Crippen LogP contribution in [0.3, 0.4) is 0 Å².